The van der Waals surface area contributed by atoms with E-state index in [2.05, 4.69) is 17.1 Å². The molecule has 0 atom stereocenters. The minimum absolute atomic E-state index is 0.0394. The molecule has 0 aliphatic carbocycles. The number of nitrogens with one attached hydrogen (secondary N) is 1. The number of benzene rings is 2. The van der Waals surface area contributed by atoms with Crippen molar-refractivity contribution in [2.24, 2.45) is 0 Å². The van der Waals surface area contributed by atoms with Crippen LogP contribution >= 0.6 is 0 Å². The molecule has 1 heterocycles. The number of carbonyl (C=O) groups excluding carboxylic acids is 1. The summed E-state index contributed by atoms with van der Waals surface area (Å²) >= 11 is 0. The maximum absolute atomic E-state index is 12.3. The zero-order valence-corrected chi connectivity index (χ0v) is 15.4. The second kappa shape index (κ2) is 8.64. The Balaban J connectivity index is 1.53. The molecular weight excluding hydrogens is 344 g/mol. The van der Waals surface area contributed by atoms with E-state index in [1.165, 1.54) is 11.6 Å². The number of piperazine rings is 1. The van der Waals surface area contributed by atoms with Crippen molar-refractivity contribution in [1.29, 1.82) is 0 Å². The maximum Gasteiger partial charge on any atom is 0.292 e. The molecule has 2 aromatic carbocycles. The van der Waals surface area contributed by atoms with E-state index in [9.17, 15) is 14.9 Å². The molecule has 1 saturated heterocycles. The predicted octanol–water partition coefficient (Wildman–Crippen LogP) is 2.92. The van der Waals surface area contributed by atoms with Gasteiger partial charge in [0, 0.05) is 37.9 Å². The Morgan fingerprint density at radius 2 is 1.85 bits per heavy atom. The Bertz CT molecular complexity index is 816. The first kappa shape index (κ1) is 18.8. The fourth-order valence-corrected chi connectivity index (χ4v) is 3.31. The number of anilines is 2. The Morgan fingerprint density at radius 3 is 2.56 bits per heavy atom. The number of nitrogens with zero attached hydrogens (tertiary/aromatic N) is 3. The van der Waals surface area contributed by atoms with E-state index >= 15 is 0 Å². The Labute approximate surface area is 158 Å². The van der Waals surface area contributed by atoms with Gasteiger partial charge in [-0.05, 0) is 30.2 Å². The second-order valence-corrected chi connectivity index (χ2v) is 6.61. The fourth-order valence-electron chi connectivity index (χ4n) is 3.31. The molecule has 0 spiro atoms. The smallest absolute Gasteiger partial charge is 0.292 e. The molecule has 3 rings (SSSR count). The van der Waals surface area contributed by atoms with Crippen LogP contribution in [0.2, 0.25) is 0 Å². The highest BCUT2D eigenvalue weighted by molar-refractivity contribution is 5.92. The zero-order chi connectivity index (χ0) is 19.2. The molecule has 1 aliphatic heterocycles. The Hall–Kier alpha value is -2.93. The molecule has 1 amide bonds. The molecule has 7 heteroatoms. The van der Waals surface area contributed by atoms with Crippen molar-refractivity contribution in [3.8, 4) is 0 Å². The van der Waals surface area contributed by atoms with E-state index in [-0.39, 0.29) is 16.5 Å². The van der Waals surface area contributed by atoms with Crippen molar-refractivity contribution in [3.05, 3.63) is 64.2 Å². The third-order valence-corrected chi connectivity index (χ3v) is 4.78. The average molecular weight is 368 g/mol. The van der Waals surface area contributed by atoms with E-state index in [1.807, 2.05) is 35.2 Å². The van der Waals surface area contributed by atoms with Gasteiger partial charge in [0.25, 0.3) is 5.69 Å². The number of aryl methyl sites for hydroxylation is 1. The molecule has 0 unspecified atom stereocenters. The topological polar surface area (TPSA) is 78.7 Å². The Morgan fingerprint density at radius 1 is 1.11 bits per heavy atom. The van der Waals surface area contributed by atoms with Crippen LogP contribution < -0.4 is 10.2 Å². The molecule has 1 fully saturated rings. The summed E-state index contributed by atoms with van der Waals surface area (Å²) in [5, 5.41) is 14.2. The maximum atomic E-state index is 12.3. The summed E-state index contributed by atoms with van der Waals surface area (Å²) in [7, 11) is 0. The third kappa shape index (κ3) is 4.83. The molecule has 0 radical (unpaired) electrons. The molecule has 0 bridgehead atoms. The number of carbonyl (C=O) groups is 1. The summed E-state index contributed by atoms with van der Waals surface area (Å²) in [6.45, 7) is 5.09. The molecule has 1 aliphatic rings. The standard InChI is InChI=1S/C20H24N4O3/c1-2-16-6-5-7-17(14-16)21-20(25)15-22-10-12-23(13-11-22)18-8-3-4-9-19(18)24(26)27/h3-9,14H,2,10-13,15H2,1H3,(H,21,25). The van der Waals surface area contributed by atoms with E-state index in [0.29, 0.717) is 38.4 Å². The molecule has 1 N–H and O–H groups in total. The molecule has 7 nitrogen and oxygen atoms in total. The number of nitro groups is 1. The molecule has 27 heavy (non-hydrogen) atoms. The first-order valence-electron chi connectivity index (χ1n) is 9.16. The van der Waals surface area contributed by atoms with Crippen LogP contribution in [0.1, 0.15) is 12.5 Å². The van der Waals surface area contributed by atoms with Gasteiger partial charge in [-0.3, -0.25) is 19.8 Å². The summed E-state index contributed by atoms with van der Waals surface area (Å²) in [4.78, 5) is 27.3. The largest absolute Gasteiger partial charge is 0.363 e. The quantitative estimate of drug-likeness (QED) is 0.626. The number of amides is 1. The van der Waals surface area contributed by atoms with Crippen LogP contribution in [-0.2, 0) is 11.2 Å². The number of hydrogen-bond donors (Lipinski definition) is 1. The van der Waals surface area contributed by atoms with Gasteiger partial charge >= 0.3 is 0 Å². The van der Waals surface area contributed by atoms with E-state index < -0.39 is 0 Å². The lowest BCUT2D eigenvalue weighted by molar-refractivity contribution is -0.384. The van der Waals surface area contributed by atoms with Gasteiger partial charge in [-0.15, -0.1) is 0 Å². The van der Waals surface area contributed by atoms with Crippen LogP contribution in [0.3, 0.4) is 0 Å². The zero-order valence-electron chi connectivity index (χ0n) is 15.4. The van der Waals surface area contributed by atoms with Gasteiger partial charge in [0.2, 0.25) is 5.91 Å². The minimum atomic E-state index is -0.348. The molecule has 0 aromatic heterocycles. The summed E-state index contributed by atoms with van der Waals surface area (Å²) in [6.07, 6.45) is 0.928. The van der Waals surface area contributed by atoms with Crippen molar-refractivity contribution in [1.82, 2.24) is 4.90 Å². The molecular formula is C20H24N4O3. The second-order valence-electron chi connectivity index (χ2n) is 6.61. The number of hydrogen-bond acceptors (Lipinski definition) is 5. The van der Waals surface area contributed by atoms with Gasteiger partial charge in [0.1, 0.15) is 5.69 Å². The first-order valence-corrected chi connectivity index (χ1v) is 9.16. The van der Waals surface area contributed by atoms with Crippen LogP contribution in [-0.4, -0.2) is 48.5 Å². The van der Waals surface area contributed by atoms with E-state index in [1.54, 1.807) is 12.1 Å². The summed E-state index contributed by atoms with van der Waals surface area (Å²) in [5.41, 5.74) is 2.77. The normalized spacial score (nSPS) is 14.8. The summed E-state index contributed by atoms with van der Waals surface area (Å²) < 4.78 is 0. The fraction of sp³-hybridized carbons (Fsp3) is 0.350. The van der Waals surface area contributed by atoms with Gasteiger partial charge in [-0.1, -0.05) is 31.2 Å². The highest BCUT2D eigenvalue weighted by Gasteiger charge is 2.24. The van der Waals surface area contributed by atoms with Gasteiger partial charge in [-0.25, -0.2) is 0 Å². The lowest BCUT2D eigenvalue weighted by Gasteiger charge is -2.35. The van der Waals surface area contributed by atoms with Crippen LogP contribution in [0.25, 0.3) is 0 Å². The lowest BCUT2D eigenvalue weighted by Crippen LogP contribution is -2.48. The highest BCUT2D eigenvalue weighted by atomic mass is 16.6. The third-order valence-electron chi connectivity index (χ3n) is 4.78. The summed E-state index contributed by atoms with van der Waals surface area (Å²) in [5.74, 6) is -0.0394. The van der Waals surface area contributed by atoms with Crippen molar-refractivity contribution in [2.75, 3.05) is 42.9 Å². The van der Waals surface area contributed by atoms with Crippen molar-refractivity contribution in [3.63, 3.8) is 0 Å². The SMILES string of the molecule is CCc1cccc(NC(=O)CN2CCN(c3ccccc3[N+](=O)[O-])CC2)c1. The van der Waals surface area contributed by atoms with Crippen molar-refractivity contribution >= 4 is 23.0 Å². The number of rotatable bonds is 6. The van der Waals surface area contributed by atoms with E-state index in [4.69, 9.17) is 0 Å². The van der Waals surface area contributed by atoms with Crippen molar-refractivity contribution < 1.29 is 9.72 Å². The lowest BCUT2D eigenvalue weighted by atomic mass is 10.1. The van der Waals surface area contributed by atoms with Crippen molar-refractivity contribution in [2.45, 2.75) is 13.3 Å². The van der Waals surface area contributed by atoms with Gasteiger partial charge in [0.05, 0.1) is 11.5 Å². The summed E-state index contributed by atoms with van der Waals surface area (Å²) in [6, 6.07) is 14.7. The number of para-hydroxylation sites is 2. The monoisotopic (exact) mass is 368 g/mol. The first-order chi connectivity index (χ1) is 13.1. The van der Waals surface area contributed by atoms with Crippen LogP contribution in [0.4, 0.5) is 17.1 Å². The van der Waals surface area contributed by atoms with Crippen LogP contribution in [0.15, 0.2) is 48.5 Å². The number of nitro benzene ring substituents is 1. The minimum Gasteiger partial charge on any atom is -0.363 e. The molecule has 142 valence electrons. The predicted molar refractivity (Wildman–Crippen MR) is 106 cm³/mol. The van der Waals surface area contributed by atoms with Crippen LogP contribution in [0, 0.1) is 10.1 Å². The van der Waals surface area contributed by atoms with Gasteiger partial charge in [0.15, 0.2) is 0 Å². The van der Waals surface area contributed by atoms with E-state index in [0.717, 1.165) is 12.1 Å². The van der Waals surface area contributed by atoms with Crippen LogP contribution in [0.5, 0.6) is 0 Å². The highest BCUT2D eigenvalue weighted by Crippen LogP contribution is 2.28. The molecule has 2 aromatic rings. The Kier molecular flexibility index (Phi) is 6.03. The molecule has 0 saturated carbocycles. The average Bonchev–Trinajstić information content (AvgIpc) is 2.68. The van der Waals surface area contributed by atoms with Gasteiger partial charge in [-0.2, -0.15) is 0 Å². The van der Waals surface area contributed by atoms with Gasteiger partial charge < -0.3 is 10.2 Å².